The van der Waals surface area contributed by atoms with E-state index in [0.717, 1.165) is 22.6 Å². The van der Waals surface area contributed by atoms with Gasteiger partial charge in [0.15, 0.2) is 0 Å². The lowest BCUT2D eigenvalue weighted by Gasteiger charge is -2.32. The van der Waals surface area contributed by atoms with Gasteiger partial charge in [-0.3, -0.25) is 4.90 Å². The average molecular weight is 300 g/mol. The van der Waals surface area contributed by atoms with E-state index in [1.54, 1.807) is 0 Å². The number of amidine groups is 1. The van der Waals surface area contributed by atoms with Crippen LogP contribution in [0, 0.1) is 0 Å². The number of nitrogens with zero attached hydrogens (tertiary/aromatic N) is 2. The molecule has 3 aromatic rings. The zero-order valence-corrected chi connectivity index (χ0v) is 12.6. The Bertz CT molecular complexity index is 829. The summed E-state index contributed by atoms with van der Waals surface area (Å²) in [6, 6.07) is 28.9. The van der Waals surface area contributed by atoms with Crippen molar-refractivity contribution < 1.29 is 4.74 Å². The third-order valence-corrected chi connectivity index (χ3v) is 3.78. The van der Waals surface area contributed by atoms with Crippen LogP contribution in [0.4, 0.5) is 17.1 Å². The van der Waals surface area contributed by atoms with E-state index in [9.17, 15) is 0 Å². The van der Waals surface area contributed by atoms with Gasteiger partial charge in [0, 0.05) is 5.56 Å². The predicted octanol–water partition coefficient (Wildman–Crippen LogP) is 5.04. The molecule has 112 valence electrons. The minimum atomic E-state index is 0.533. The third kappa shape index (κ3) is 2.69. The van der Waals surface area contributed by atoms with Gasteiger partial charge in [0.25, 0.3) is 0 Å². The molecule has 0 N–H and O–H groups in total. The summed E-state index contributed by atoms with van der Waals surface area (Å²) in [5.74, 6) is 0. The van der Waals surface area contributed by atoms with E-state index in [1.807, 2.05) is 60.7 Å². The quantitative estimate of drug-likeness (QED) is 0.662. The van der Waals surface area contributed by atoms with Gasteiger partial charge in [0.1, 0.15) is 6.61 Å². The van der Waals surface area contributed by atoms with Crippen LogP contribution in [0.1, 0.15) is 5.56 Å². The van der Waals surface area contributed by atoms with Crippen LogP contribution in [0.3, 0.4) is 0 Å². The molecule has 0 spiro atoms. The molecule has 1 aliphatic rings. The van der Waals surface area contributed by atoms with Gasteiger partial charge < -0.3 is 4.74 Å². The van der Waals surface area contributed by atoms with Crippen LogP contribution in [0.2, 0.25) is 0 Å². The normalized spacial score (nSPS) is 15.1. The summed E-state index contributed by atoms with van der Waals surface area (Å²) in [6.45, 7) is 0.533. The summed E-state index contributed by atoms with van der Waals surface area (Å²) in [5.41, 5.74) is 4.18. The molecule has 4 rings (SSSR count). The summed E-state index contributed by atoms with van der Waals surface area (Å²) in [4.78, 5) is 6.76. The number of para-hydroxylation sites is 3. The number of hydrogen-bond donors (Lipinski definition) is 0. The first kappa shape index (κ1) is 13.6. The van der Waals surface area contributed by atoms with E-state index in [2.05, 4.69) is 29.2 Å². The molecule has 1 aliphatic heterocycles. The van der Waals surface area contributed by atoms with Crippen LogP contribution in [0.25, 0.3) is 0 Å². The van der Waals surface area contributed by atoms with Crippen molar-refractivity contribution in [2.75, 3.05) is 4.90 Å². The number of ether oxygens (including phenoxy) is 1. The standard InChI is InChI=1S/C20H16N2O/c1-3-10-17(11-4-1)21-20-22(18-12-5-2-6-13-18)19-14-8-7-9-16(19)15-23-20/h1-14H,15H2. The van der Waals surface area contributed by atoms with Crippen LogP contribution in [0.15, 0.2) is 89.9 Å². The Balaban J connectivity index is 1.85. The van der Waals surface area contributed by atoms with Gasteiger partial charge in [-0.1, -0.05) is 54.6 Å². The number of rotatable bonds is 2. The highest BCUT2D eigenvalue weighted by molar-refractivity contribution is 6.02. The molecular weight excluding hydrogens is 284 g/mol. The topological polar surface area (TPSA) is 24.8 Å². The molecule has 23 heavy (non-hydrogen) atoms. The highest BCUT2D eigenvalue weighted by Crippen LogP contribution is 2.34. The molecule has 0 bridgehead atoms. The van der Waals surface area contributed by atoms with E-state index in [1.165, 1.54) is 0 Å². The van der Waals surface area contributed by atoms with Crippen molar-refractivity contribution in [1.82, 2.24) is 0 Å². The number of fused-ring (bicyclic) bond motifs is 1. The van der Waals surface area contributed by atoms with Crippen LogP contribution in [-0.4, -0.2) is 6.02 Å². The Labute approximate surface area is 135 Å². The fourth-order valence-electron chi connectivity index (χ4n) is 2.68. The Morgan fingerprint density at radius 1 is 0.739 bits per heavy atom. The van der Waals surface area contributed by atoms with Crippen LogP contribution in [-0.2, 0) is 11.3 Å². The fourth-order valence-corrected chi connectivity index (χ4v) is 2.68. The first-order valence-corrected chi connectivity index (χ1v) is 7.61. The van der Waals surface area contributed by atoms with Crippen molar-refractivity contribution >= 4 is 23.1 Å². The van der Waals surface area contributed by atoms with Gasteiger partial charge in [-0.15, -0.1) is 0 Å². The SMILES string of the molecule is c1ccc(N=C2OCc3ccccc3N2c2ccccc2)cc1. The lowest BCUT2D eigenvalue weighted by Crippen LogP contribution is -2.32. The molecule has 0 saturated carbocycles. The maximum Gasteiger partial charge on any atom is 0.302 e. The Morgan fingerprint density at radius 2 is 1.39 bits per heavy atom. The maximum atomic E-state index is 5.95. The van der Waals surface area contributed by atoms with E-state index >= 15 is 0 Å². The Kier molecular flexibility index (Phi) is 3.53. The van der Waals surface area contributed by atoms with Gasteiger partial charge in [-0.25, -0.2) is 0 Å². The number of anilines is 2. The smallest absolute Gasteiger partial charge is 0.302 e. The predicted molar refractivity (Wildman–Crippen MR) is 93.3 cm³/mol. The van der Waals surface area contributed by atoms with Gasteiger partial charge in [-0.2, -0.15) is 4.99 Å². The molecule has 3 nitrogen and oxygen atoms in total. The van der Waals surface area contributed by atoms with Crippen LogP contribution >= 0.6 is 0 Å². The second-order valence-electron chi connectivity index (χ2n) is 5.32. The highest BCUT2D eigenvalue weighted by atomic mass is 16.5. The van der Waals surface area contributed by atoms with E-state index in [4.69, 9.17) is 9.73 Å². The first-order chi connectivity index (χ1) is 11.4. The van der Waals surface area contributed by atoms with Gasteiger partial charge >= 0.3 is 6.02 Å². The van der Waals surface area contributed by atoms with Crippen molar-refractivity contribution in [3.05, 3.63) is 90.5 Å². The second kappa shape index (κ2) is 5.97. The zero-order valence-electron chi connectivity index (χ0n) is 12.6. The molecule has 3 aromatic carbocycles. The molecule has 0 atom stereocenters. The van der Waals surface area contributed by atoms with Crippen molar-refractivity contribution in [3.63, 3.8) is 0 Å². The molecule has 0 amide bonds. The van der Waals surface area contributed by atoms with Crippen LogP contribution < -0.4 is 4.90 Å². The van der Waals surface area contributed by atoms with E-state index in [0.29, 0.717) is 12.6 Å². The zero-order chi connectivity index (χ0) is 15.5. The minimum absolute atomic E-state index is 0.533. The number of aliphatic imine (C=N–C) groups is 1. The molecule has 3 heteroatoms. The van der Waals surface area contributed by atoms with Crippen molar-refractivity contribution in [2.24, 2.45) is 4.99 Å². The third-order valence-electron chi connectivity index (χ3n) is 3.78. The van der Waals surface area contributed by atoms with Gasteiger partial charge in [0.05, 0.1) is 17.1 Å². The lowest BCUT2D eigenvalue weighted by atomic mass is 10.1. The fraction of sp³-hybridized carbons (Fsp3) is 0.0500. The first-order valence-electron chi connectivity index (χ1n) is 7.61. The van der Waals surface area contributed by atoms with E-state index < -0.39 is 0 Å². The molecule has 0 saturated heterocycles. The molecule has 0 aliphatic carbocycles. The number of benzene rings is 3. The van der Waals surface area contributed by atoms with Crippen molar-refractivity contribution in [1.29, 1.82) is 0 Å². The Morgan fingerprint density at radius 3 is 2.17 bits per heavy atom. The van der Waals surface area contributed by atoms with Crippen molar-refractivity contribution in [3.8, 4) is 0 Å². The molecular formula is C20H16N2O. The summed E-state index contributed by atoms with van der Waals surface area (Å²) in [7, 11) is 0. The summed E-state index contributed by atoms with van der Waals surface area (Å²) in [5, 5.41) is 0. The van der Waals surface area contributed by atoms with Crippen molar-refractivity contribution in [2.45, 2.75) is 6.61 Å². The minimum Gasteiger partial charge on any atom is -0.459 e. The van der Waals surface area contributed by atoms with Gasteiger partial charge in [-0.05, 0) is 30.3 Å². The monoisotopic (exact) mass is 300 g/mol. The van der Waals surface area contributed by atoms with Crippen LogP contribution in [0.5, 0.6) is 0 Å². The molecule has 0 aromatic heterocycles. The second-order valence-corrected chi connectivity index (χ2v) is 5.32. The lowest BCUT2D eigenvalue weighted by molar-refractivity contribution is 0.279. The summed E-state index contributed by atoms with van der Waals surface area (Å²) in [6.07, 6.45) is 0. The Hall–Kier alpha value is -3.07. The molecule has 0 radical (unpaired) electrons. The summed E-state index contributed by atoms with van der Waals surface area (Å²) < 4.78 is 5.95. The molecule has 0 unspecified atom stereocenters. The highest BCUT2D eigenvalue weighted by Gasteiger charge is 2.25. The van der Waals surface area contributed by atoms with Gasteiger partial charge in [0.2, 0.25) is 0 Å². The number of hydrogen-bond acceptors (Lipinski definition) is 2. The maximum absolute atomic E-state index is 5.95. The largest absolute Gasteiger partial charge is 0.459 e. The average Bonchev–Trinajstić information content (AvgIpc) is 2.63. The molecule has 0 fully saturated rings. The van der Waals surface area contributed by atoms with E-state index in [-0.39, 0.29) is 0 Å². The molecule has 1 heterocycles. The summed E-state index contributed by atoms with van der Waals surface area (Å²) >= 11 is 0.